The van der Waals surface area contributed by atoms with Crippen molar-refractivity contribution in [3.8, 4) is 16.9 Å². The standard InChI is InChI=1S/C18H21NO/c1-2-12-19-17-11-13-20-18-15(9-6-10-16(17)18)14-7-4-3-5-8-14/h3-10,17,19H,2,11-13H2,1H3. The molecule has 0 saturated heterocycles. The summed E-state index contributed by atoms with van der Waals surface area (Å²) in [5, 5.41) is 3.63. The van der Waals surface area contributed by atoms with E-state index < -0.39 is 0 Å². The summed E-state index contributed by atoms with van der Waals surface area (Å²) in [6.07, 6.45) is 2.20. The highest BCUT2D eigenvalue weighted by Gasteiger charge is 2.23. The Bertz CT molecular complexity index is 565. The molecule has 0 bridgehead atoms. The molecule has 0 aliphatic carbocycles. The summed E-state index contributed by atoms with van der Waals surface area (Å²) in [6.45, 7) is 4.05. The van der Waals surface area contributed by atoms with Gasteiger partial charge in [0.1, 0.15) is 5.75 Å². The van der Waals surface area contributed by atoms with E-state index in [-0.39, 0.29) is 0 Å². The minimum atomic E-state index is 0.419. The van der Waals surface area contributed by atoms with Gasteiger partial charge in [-0.25, -0.2) is 0 Å². The molecule has 0 aromatic heterocycles. The molecule has 0 fully saturated rings. The molecule has 0 amide bonds. The molecule has 0 radical (unpaired) electrons. The minimum Gasteiger partial charge on any atom is -0.493 e. The average Bonchev–Trinajstić information content (AvgIpc) is 2.53. The zero-order valence-corrected chi connectivity index (χ0v) is 11.9. The van der Waals surface area contributed by atoms with Gasteiger partial charge in [0.25, 0.3) is 0 Å². The number of nitrogens with one attached hydrogen (secondary N) is 1. The van der Waals surface area contributed by atoms with Crippen molar-refractivity contribution in [2.24, 2.45) is 0 Å². The summed E-state index contributed by atoms with van der Waals surface area (Å²) in [5.74, 6) is 1.05. The monoisotopic (exact) mass is 267 g/mol. The van der Waals surface area contributed by atoms with E-state index in [4.69, 9.17) is 4.74 Å². The van der Waals surface area contributed by atoms with Gasteiger partial charge in [-0.1, -0.05) is 55.5 Å². The molecule has 1 unspecified atom stereocenters. The van der Waals surface area contributed by atoms with E-state index in [2.05, 4.69) is 54.7 Å². The van der Waals surface area contributed by atoms with Gasteiger partial charge in [0.2, 0.25) is 0 Å². The topological polar surface area (TPSA) is 21.3 Å². The maximum absolute atomic E-state index is 5.98. The van der Waals surface area contributed by atoms with Crippen LogP contribution in [0, 0.1) is 0 Å². The summed E-state index contributed by atoms with van der Waals surface area (Å²) in [7, 11) is 0. The lowest BCUT2D eigenvalue weighted by atomic mass is 9.94. The van der Waals surface area contributed by atoms with E-state index in [1.165, 1.54) is 16.7 Å². The van der Waals surface area contributed by atoms with Crippen molar-refractivity contribution in [3.63, 3.8) is 0 Å². The number of benzene rings is 2. The van der Waals surface area contributed by atoms with E-state index in [1.54, 1.807) is 0 Å². The fourth-order valence-electron chi connectivity index (χ4n) is 2.80. The Kier molecular flexibility index (Phi) is 4.03. The van der Waals surface area contributed by atoms with Gasteiger partial charge in [0, 0.05) is 23.6 Å². The highest BCUT2D eigenvalue weighted by atomic mass is 16.5. The van der Waals surface area contributed by atoms with E-state index in [9.17, 15) is 0 Å². The van der Waals surface area contributed by atoms with Crippen LogP contribution in [0.25, 0.3) is 11.1 Å². The molecular weight excluding hydrogens is 246 g/mol. The third-order valence-electron chi connectivity index (χ3n) is 3.80. The second-order valence-electron chi connectivity index (χ2n) is 5.23. The summed E-state index contributed by atoms with van der Waals surface area (Å²) < 4.78 is 5.98. The molecule has 1 N–H and O–H groups in total. The van der Waals surface area contributed by atoms with Gasteiger partial charge in [-0.05, 0) is 18.5 Å². The number of fused-ring (bicyclic) bond motifs is 1. The summed E-state index contributed by atoms with van der Waals surface area (Å²) in [4.78, 5) is 0. The lowest BCUT2D eigenvalue weighted by molar-refractivity contribution is 0.254. The lowest BCUT2D eigenvalue weighted by Gasteiger charge is -2.28. The fourth-order valence-corrected chi connectivity index (χ4v) is 2.80. The predicted octanol–water partition coefficient (Wildman–Crippen LogP) is 4.18. The fraction of sp³-hybridized carbons (Fsp3) is 0.333. The van der Waals surface area contributed by atoms with Gasteiger partial charge in [-0.3, -0.25) is 0 Å². The first-order valence-corrected chi connectivity index (χ1v) is 7.44. The first kappa shape index (κ1) is 13.2. The molecule has 1 atom stereocenters. The van der Waals surface area contributed by atoms with E-state index in [0.717, 1.165) is 31.7 Å². The van der Waals surface area contributed by atoms with Crippen LogP contribution < -0.4 is 10.1 Å². The molecule has 1 heterocycles. The van der Waals surface area contributed by atoms with Crippen molar-refractivity contribution >= 4 is 0 Å². The molecular formula is C18H21NO. The number of hydrogen-bond acceptors (Lipinski definition) is 2. The molecule has 0 saturated carbocycles. The Balaban J connectivity index is 1.99. The molecule has 2 nitrogen and oxygen atoms in total. The van der Waals surface area contributed by atoms with Crippen LogP contribution in [-0.4, -0.2) is 13.2 Å². The third kappa shape index (κ3) is 2.56. The van der Waals surface area contributed by atoms with E-state index >= 15 is 0 Å². The second kappa shape index (κ2) is 6.10. The molecule has 1 aliphatic rings. The highest BCUT2D eigenvalue weighted by molar-refractivity contribution is 5.72. The predicted molar refractivity (Wildman–Crippen MR) is 83.0 cm³/mol. The van der Waals surface area contributed by atoms with Crippen molar-refractivity contribution < 1.29 is 4.74 Å². The van der Waals surface area contributed by atoms with Crippen molar-refractivity contribution in [2.45, 2.75) is 25.8 Å². The van der Waals surface area contributed by atoms with Gasteiger partial charge < -0.3 is 10.1 Å². The van der Waals surface area contributed by atoms with Crippen LogP contribution in [0.3, 0.4) is 0 Å². The van der Waals surface area contributed by atoms with E-state index in [1.807, 2.05) is 6.07 Å². The third-order valence-corrected chi connectivity index (χ3v) is 3.80. The molecule has 104 valence electrons. The van der Waals surface area contributed by atoms with Gasteiger partial charge in [-0.15, -0.1) is 0 Å². The minimum absolute atomic E-state index is 0.419. The van der Waals surface area contributed by atoms with Crippen LogP contribution in [0.15, 0.2) is 48.5 Å². The largest absolute Gasteiger partial charge is 0.493 e. The first-order valence-electron chi connectivity index (χ1n) is 7.44. The molecule has 3 rings (SSSR count). The van der Waals surface area contributed by atoms with Gasteiger partial charge in [-0.2, -0.15) is 0 Å². The highest BCUT2D eigenvalue weighted by Crippen LogP contribution is 2.39. The Morgan fingerprint density at radius 1 is 1.10 bits per heavy atom. The van der Waals surface area contributed by atoms with Crippen LogP contribution in [0.5, 0.6) is 5.75 Å². The Hall–Kier alpha value is -1.80. The Labute approximate surface area is 120 Å². The SMILES string of the molecule is CCCNC1CCOc2c(-c3ccccc3)cccc21. The summed E-state index contributed by atoms with van der Waals surface area (Å²) in [6, 6.07) is 17.4. The van der Waals surface area contributed by atoms with Crippen LogP contribution in [0.1, 0.15) is 31.4 Å². The molecule has 2 aromatic rings. The smallest absolute Gasteiger partial charge is 0.131 e. The van der Waals surface area contributed by atoms with Crippen molar-refractivity contribution in [1.82, 2.24) is 5.32 Å². The molecule has 2 aromatic carbocycles. The maximum Gasteiger partial charge on any atom is 0.131 e. The normalized spacial score (nSPS) is 17.4. The number of ether oxygens (including phenoxy) is 1. The van der Waals surface area contributed by atoms with Gasteiger partial charge >= 0.3 is 0 Å². The van der Waals surface area contributed by atoms with Crippen LogP contribution >= 0.6 is 0 Å². The Morgan fingerprint density at radius 3 is 2.75 bits per heavy atom. The van der Waals surface area contributed by atoms with Gasteiger partial charge in [0.15, 0.2) is 0 Å². The first-order chi connectivity index (χ1) is 9.90. The summed E-state index contributed by atoms with van der Waals surface area (Å²) in [5.41, 5.74) is 3.72. The molecule has 1 aliphatic heterocycles. The molecule has 20 heavy (non-hydrogen) atoms. The van der Waals surface area contributed by atoms with Crippen molar-refractivity contribution in [3.05, 3.63) is 54.1 Å². The van der Waals surface area contributed by atoms with E-state index in [0.29, 0.717) is 6.04 Å². The number of rotatable bonds is 4. The molecule has 2 heteroatoms. The number of para-hydroxylation sites is 1. The quantitative estimate of drug-likeness (QED) is 0.897. The van der Waals surface area contributed by atoms with Crippen LogP contribution in [0.4, 0.5) is 0 Å². The zero-order valence-electron chi connectivity index (χ0n) is 11.9. The summed E-state index contributed by atoms with van der Waals surface area (Å²) >= 11 is 0. The van der Waals surface area contributed by atoms with Crippen LogP contribution in [0.2, 0.25) is 0 Å². The van der Waals surface area contributed by atoms with Gasteiger partial charge in [0.05, 0.1) is 6.61 Å². The molecule has 0 spiro atoms. The number of hydrogen-bond donors (Lipinski definition) is 1. The second-order valence-corrected chi connectivity index (χ2v) is 5.23. The van der Waals surface area contributed by atoms with Crippen molar-refractivity contribution in [2.75, 3.05) is 13.2 Å². The van der Waals surface area contributed by atoms with Crippen molar-refractivity contribution in [1.29, 1.82) is 0 Å². The lowest BCUT2D eigenvalue weighted by Crippen LogP contribution is -2.27. The average molecular weight is 267 g/mol. The van der Waals surface area contributed by atoms with Crippen LogP contribution in [-0.2, 0) is 0 Å². The maximum atomic E-state index is 5.98. The Morgan fingerprint density at radius 2 is 1.95 bits per heavy atom. The zero-order chi connectivity index (χ0) is 13.8.